The largest absolute Gasteiger partial charge is 0.351 e. The molecule has 70 valence electrons. The lowest BCUT2D eigenvalue weighted by Crippen LogP contribution is -2.21. The summed E-state index contributed by atoms with van der Waals surface area (Å²) in [5.41, 5.74) is 7.28. The Morgan fingerprint density at radius 3 is 3.08 bits per heavy atom. The van der Waals surface area contributed by atoms with Gasteiger partial charge >= 0.3 is 6.03 Å². The molecular formula is C8H12N4O. The second kappa shape index (κ2) is 2.76. The Morgan fingerprint density at radius 1 is 1.62 bits per heavy atom. The van der Waals surface area contributed by atoms with Gasteiger partial charge in [-0.2, -0.15) is 5.10 Å². The van der Waals surface area contributed by atoms with Gasteiger partial charge < -0.3 is 5.73 Å². The van der Waals surface area contributed by atoms with Crippen molar-refractivity contribution in [1.82, 2.24) is 9.78 Å². The fourth-order valence-electron chi connectivity index (χ4n) is 1.79. The molecule has 1 aliphatic rings. The van der Waals surface area contributed by atoms with Crippen molar-refractivity contribution >= 4 is 11.8 Å². The lowest BCUT2D eigenvalue weighted by molar-refractivity contribution is 0.259. The van der Waals surface area contributed by atoms with Crippen LogP contribution in [0.15, 0.2) is 0 Å². The van der Waals surface area contributed by atoms with E-state index in [-0.39, 0.29) is 0 Å². The summed E-state index contributed by atoms with van der Waals surface area (Å²) in [6.07, 6.45) is 3.11. The van der Waals surface area contributed by atoms with Gasteiger partial charge in [0.15, 0.2) is 0 Å². The number of aryl methyl sites for hydroxylation is 2. The number of urea groups is 1. The number of nitrogens with zero attached hydrogens (tertiary/aromatic N) is 2. The number of fused-ring (bicyclic) bond motifs is 1. The van der Waals surface area contributed by atoms with Crippen LogP contribution in [0.25, 0.3) is 0 Å². The zero-order valence-corrected chi connectivity index (χ0v) is 7.50. The highest BCUT2D eigenvalue weighted by molar-refractivity contribution is 5.87. The van der Waals surface area contributed by atoms with E-state index in [0.717, 1.165) is 36.3 Å². The number of primary amides is 1. The van der Waals surface area contributed by atoms with Crippen molar-refractivity contribution < 1.29 is 4.79 Å². The number of rotatable bonds is 1. The first-order valence-corrected chi connectivity index (χ1v) is 4.29. The van der Waals surface area contributed by atoms with E-state index >= 15 is 0 Å². The van der Waals surface area contributed by atoms with Gasteiger partial charge in [-0.25, -0.2) is 4.79 Å². The summed E-state index contributed by atoms with van der Waals surface area (Å²) in [6.45, 7) is 0. The SMILES string of the molecule is Cn1nc2c(c1NC(N)=O)CCC2. The van der Waals surface area contributed by atoms with E-state index in [1.807, 2.05) is 7.05 Å². The van der Waals surface area contributed by atoms with Crippen molar-refractivity contribution in [2.24, 2.45) is 12.8 Å². The highest BCUT2D eigenvalue weighted by atomic mass is 16.2. The minimum absolute atomic E-state index is 0.530. The monoisotopic (exact) mass is 180 g/mol. The highest BCUT2D eigenvalue weighted by Gasteiger charge is 2.21. The molecule has 0 saturated carbocycles. The molecule has 0 saturated heterocycles. The second-order valence-electron chi connectivity index (χ2n) is 3.24. The summed E-state index contributed by atoms with van der Waals surface area (Å²) >= 11 is 0. The van der Waals surface area contributed by atoms with Gasteiger partial charge in [0.05, 0.1) is 5.69 Å². The Kier molecular flexibility index (Phi) is 1.72. The van der Waals surface area contributed by atoms with Crippen LogP contribution in [0.1, 0.15) is 17.7 Å². The zero-order valence-electron chi connectivity index (χ0n) is 7.50. The molecule has 0 aliphatic heterocycles. The second-order valence-corrected chi connectivity index (χ2v) is 3.24. The van der Waals surface area contributed by atoms with Crippen molar-refractivity contribution in [3.8, 4) is 0 Å². The summed E-state index contributed by atoms with van der Waals surface area (Å²) in [7, 11) is 1.81. The van der Waals surface area contributed by atoms with Gasteiger partial charge in [-0.3, -0.25) is 10.00 Å². The molecule has 1 heterocycles. The van der Waals surface area contributed by atoms with Gasteiger partial charge in [0.25, 0.3) is 0 Å². The van der Waals surface area contributed by atoms with Crippen LogP contribution in [0.2, 0.25) is 0 Å². The summed E-state index contributed by atoms with van der Waals surface area (Å²) in [5, 5.41) is 6.88. The molecule has 2 rings (SSSR count). The van der Waals surface area contributed by atoms with Crippen molar-refractivity contribution in [3.63, 3.8) is 0 Å². The smallest absolute Gasteiger partial charge is 0.317 e. The number of nitrogens with two attached hydrogens (primary N) is 1. The number of carbonyl (C=O) groups is 1. The number of anilines is 1. The van der Waals surface area contributed by atoms with Crippen LogP contribution >= 0.6 is 0 Å². The molecule has 5 heteroatoms. The van der Waals surface area contributed by atoms with Crippen molar-refractivity contribution in [1.29, 1.82) is 0 Å². The van der Waals surface area contributed by atoms with Crippen molar-refractivity contribution in [2.45, 2.75) is 19.3 Å². The maximum Gasteiger partial charge on any atom is 0.317 e. The Labute approximate surface area is 75.9 Å². The van der Waals surface area contributed by atoms with Crippen LogP contribution in [0.5, 0.6) is 0 Å². The molecule has 5 nitrogen and oxygen atoms in total. The predicted molar refractivity (Wildman–Crippen MR) is 48.4 cm³/mol. The van der Waals surface area contributed by atoms with Gasteiger partial charge in [0.2, 0.25) is 0 Å². The van der Waals surface area contributed by atoms with E-state index in [2.05, 4.69) is 10.4 Å². The highest BCUT2D eigenvalue weighted by Crippen LogP contribution is 2.27. The number of amides is 2. The van der Waals surface area contributed by atoms with Gasteiger partial charge in [-0.05, 0) is 19.3 Å². The zero-order chi connectivity index (χ0) is 9.42. The standard InChI is InChI=1S/C8H12N4O/c1-12-7(10-8(9)13)5-3-2-4-6(5)11-12/h2-4H2,1H3,(H3,9,10,13). The summed E-state index contributed by atoms with van der Waals surface area (Å²) in [5.74, 6) is 0.750. The number of hydrogen-bond donors (Lipinski definition) is 2. The Bertz CT molecular complexity index is 355. The first kappa shape index (κ1) is 8.10. The van der Waals surface area contributed by atoms with Crippen molar-refractivity contribution in [3.05, 3.63) is 11.3 Å². The lowest BCUT2D eigenvalue weighted by Gasteiger charge is -2.03. The number of nitrogens with one attached hydrogen (secondary N) is 1. The molecule has 1 aromatic rings. The fraction of sp³-hybridized carbons (Fsp3) is 0.500. The van der Waals surface area contributed by atoms with Gasteiger partial charge in [0, 0.05) is 12.6 Å². The maximum absolute atomic E-state index is 10.7. The Hall–Kier alpha value is -1.52. The van der Waals surface area contributed by atoms with E-state index in [1.165, 1.54) is 0 Å². The first-order valence-electron chi connectivity index (χ1n) is 4.29. The van der Waals surface area contributed by atoms with Crippen LogP contribution in [0, 0.1) is 0 Å². The average Bonchev–Trinajstić information content (AvgIpc) is 2.55. The predicted octanol–water partition coefficient (Wildman–Crippen LogP) is 0.399. The summed E-state index contributed by atoms with van der Waals surface area (Å²) in [6, 6.07) is -0.530. The normalized spacial score (nSPS) is 14.2. The third kappa shape index (κ3) is 1.26. The Balaban J connectivity index is 2.38. The minimum atomic E-state index is -0.530. The molecular weight excluding hydrogens is 168 g/mol. The number of hydrogen-bond acceptors (Lipinski definition) is 2. The van der Waals surface area contributed by atoms with E-state index in [9.17, 15) is 4.79 Å². The molecule has 1 aromatic heterocycles. The molecule has 0 atom stereocenters. The van der Waals surface area contributed by atoms with Crippen LogP contribution in [-0.2, 0) is 19.9 Å². The van der Waals surface area contributed by atoms with E-state index in [0.29, 0.717) is 0 Å². The lowest BCUT2D eigenvalue weighted by atomic mass is 10.2. The van der Waals surface area contributed by atoms with Crippen LogP contribution in [-0.4, -0.2) is 15.8 Å². The number of aromatic nitrogens is 2. The molecule has 2 amide bonds. The number of carbonyl (C=O) groups excluding carboxylic acids is 1. The summed E-state index contributed by atoms with van der Waals surface area (Å²) < 4.78 is 1.68. The molecule has 0 radical (unpaired) electrons. The molecule has 0 aromatic carbocycles. The van der Waals surface area contributed by atoms with Crippen LogP contribution < -0.4 is 11.1 Å². The van der Waals surface area contributed by atoms with E-state index in [4.69, 9.17) is 5.73 Å². The Morgan fingerprint density at radius 2 is 2.38 bits per heavy atom. The molecule has 0 unspecified atom stereocenters. The van der Waals surface area contributed by atoms with E-state index < -0.39 is 6.03 Å². The average molecular weight is 180 g/mol. The molecule has 0 spiro atoms. The minimum Gasteiger partial charge on any atom is -0.351 e. The van der Waals surface area contributed by atoms with Gasteiger partial charge in [-0.15, -0.1) is 0 Å². The summed E-state index contributed by atoms with van der Waals surface area (Å²) in [4.78, 5) is 10.7. The molecule has 13 heavy (non-hydrogen) atoms. The maximum atomic E-state index is 10.7. The van der Waals surface area contributed by atoms with Crippen LogP contribution in [0.4, 0.5) is 10.6 Å². The molecule has 1 aliphatic carbocycles. The van der Waals surface area contributed by atoms with Crippen LogP contribution in [0.3, 0.4) is 0 Å². The topological polar surface area (TPSA) is 72.9 Å². The first-order chi connectivity index (χ1) is 6.18. The molecule has 3 N–H and O–H groups in total. The molecule has 0 fully saturated rings. The van der Waals surface area contributed by atoms with E-state index in [1.54, 1.807) is 4.68 Å². The molecule has 0 bridgehead atoms. The third-order valence-electron chi connectivity index (χ3n) is 2.31. The van der Waals surface area contributed by atoms with Crippen molar-refractivity contribution in [2.75, 3.05) is 5.32 Å². The van der Waals surface area contributed by atoms with Gasteiger partial charge in [-0.1, -0.05) is 0 Å². The fourth-order valence-corrected chi connectivity index (χ4v) is 1.79. The third-order valence-corrected chi connectivity index (χ3v) is 2.31. The van der Waals surface area contributed by atoms with Gasteiger partial charge in [0.1, 0.15) is 5.82 Å². The quantitative estimate of drug-likeness (QED) is 0.656.